The standard InChI is InChI=1S/C8H8N2O2/c9-4-7-10-5-2-1-3-6(11)8(5)12-7/h1-3,11H,4,9H2. The van der Waals surface area contributed by atoms with E-state index in [1.807, 2.05) is 0 Å². The molecule has 2 rings (SSSR count). The van der Waals surface area contributed by atoms with Gasteiger partial charge >= 0.3 is 0 Å². The number of oxazole rings is 1. The molecule has 1 aromatic heterocycles. The lowest BCUT2D eigenvalue weighted by Crippen LogP contribution is -1.94. The number of hydrogen-bond acceptors (Lipinski definition) is 4. The summed E-state index contributed by atoms with van der Waals surface area (Å²) in [5.41, 5.74) is 6.36. The van der Waals surface area contributed by atoms with Gasteiger partial charge < -0.3 is 15.3 Å². The summed E-state index contributed by atoms with van der Waals surface area (Å²) >= 11 is 0. The molecule has 0 unspecified atom stereocenters. The highest BCUT2D eigenvalue weighted by atomic mass is 16.4. The fraction of sp³-hybridized carbons (Fsp3) is 0.125. The van der Waals surface area contributed by atoms with Crippen LogP contribution in [0.25, 0.3) is 11.1 Å². The zero-order chi connectivity index (χ0) is 8.55. The molecule has 0 saturated carbocycles. The summed E-state index contributed by atoms with van der Waals surface area (Å²) in [5.74, 6) is 0.534. The van der Waals surface area contributed by atoms with Crippen LogP contribution in [0.15, 0.2) is 22.6 Å². The third-order valence-electron chi connectivity index (χ3n) is 1.61. The molecule has 0 spiro atoms. The molecule has 0 saturated heterocycles. The number of nitrogens with two attached hydrogens (primary N) is 1. The molecule has 4 nitrogen and oxygen atoms in total. The fourth-order valence-corrected chi connectivity index (χ4v) is 1.07. The predicted molar refractivity (Wildman–Crippen MR) is 43.6 cm³/mol. The van der Waals surface area contributed by atoms with E-state index in [2.05, 4.69) is 4.98 Å². The van der Waals surface area contributed by atoms with Crippen LogP contribution in [0.4, 0.5) is 0 Å². The topological polar surface area (TPSA) is 72.3 Å². The third-order valence-corrected chi connectivity index (χ3v) is 1.61. The number of benzene rings is 1. The average molecular weight is 164 g/mol. The van der Waals surface area contributed by atoms with Gasteiger partial charge in [0.1, 0.15) is 5.52 Å². The van der Waals surface area contributed by atoms with Crippen LogP contribution in [0, 0.1) is 0 Å². The van der Waals surface area contributed by atoms with Crippen LogP contribution in [0.2, 0.25) is 0 Å². The van der Waals surface area contributed by atoms with Crippen molar-refractivity contribution in [1.82, 2.24) is 4.98 Å². The summed E-state index contributed by atoms with van der Waals surface area (Å²) in [6.07, 6.45) is 0. The van der Waals surface area contributed by atoms with Crippen LogP contribution >= 0.6 is 0 Å². The SMILES string of the molecule is NCc1nc2cccc(O)c2o1. The van der Waals surface area contributed by atoms with Crippen molar-refractivity contribution in [3.05, 3.63) is 24.1 Å². The average Bonchev–Trinajstić information content (AvgIpc) is 2.49. The van der Waals surface area contributed by atoms with Gasteiger partial charge in [-0.15, -0.1) is 0 Å². The van der Waals surface area contributed by atoms with E-state index in [0.717, 1.165) is 0 Å². The number of aromatic hydroxyl groups is 1. The molecular formula is C8H8N2O2. The highest BCUT2D eigenvalue weighted by molar-refractivity contribution is 5.78. The van der Waals surface area contributed by atoms with E-state index in [9.17, 15) is 5.11 Å². The number of aromatic nitrogens is 1. The first-order chi connectivity index (χ1) is 5.81. The summed E-state index contributed by atoms with van der Waals surface area (Å²) in [6.45, 7) is 0.244. The maximum Gasteiger partial charge on any atom is 0.209 e. The molecule has 0 atom stereocenters. The molecule has 1 aromatic carbocycles. The number of para-hydroxylation sites is 1. The monoisotopic (exact) mass is 164 g/mol. The van der Waals surface area contributed by atoms with E-state index in [0.29, 0.717) is 17.0 Å². The Morgan fingerprint density at radius 1 is 1.50 bits per heavy atom. The lowest BCUT2D eigenvalue weighted by molar-refractivity contribution is 0.455. The van der Waals surface area contributed by atoms with Crippen molar-refractivity contribution in [3.63, 3.8) is 0 Å². The molecule has 3 N–H and O–H groups in total. The van der Waals surface area contributed by atoms with Crippen LogP contribution < -0.4 is 5.73 Å². The Bertz CT molecular complexity index is 408. The highest BCUT2D eigenvalue weighted by Crippen LogP contribution is 2.24. The molecule has 0 radical (unpaired) electrons. The summed E-state index contributed by atoms with van der Waals surface area (Å²) in [7, 11) is 0. The van der Waals surface area contributed by atoms with E-state index in [1.165, 1.54) is 0 Å². The van der Waals surface area contributed by atoms with E-state index in [-0.39, 0.29) is 12.3 Å². The minimum atomic E-state index is 0.0969. The Kier molecular flexibility index (Phi) is 1.48. The van der Waals surface area contributed by atoms with Gasteiger partial charge in [-0.25, -0.2) is 4.98 Å². The Balaban J connectivity index is 2.74. The van der Waals surface area contributed by atoms with Crippen LogP contribution in [0.3, 0.4) is 0 Å². The van der Waals surface area contributed by atoms with E-state index in [1.54, 1.807) is 18.2 Å². The second-order valence-electron chi connectivity index (χ2n) is 2.44. The number of fused-ring (bicyclic) bond motifs is 1. The first-order valence-corrected chi connectivity index (χ1v) is 3.58. The third kappa shape index (κ3) is 0.931. The smallest absolute Gasteiger partial charge is 0.209 e. The minimum Gasteiger partial charge on any atom is -0.504 e. The number of rotatable bonds is 1. The molecule has 4 heteroatoms. The second kappa shape index (κ2) is 2.49. The maximum absolute atomic E-state index is 9.31. The Morgan fingerprint density at radius 2 is 2.33 bits per heavy atom. The highest BCUT2D eigenvalue weighted by Gasteiger charge is 2.06. The van der Waals surface area contributed by atoms with Gasteiger partial charge in [0.05, 0.1) is 6.54 Å². The van der Waals surface area contributed by atoms with Crippen molar-refractivity contribution in [2.24, 2.45) is 5.73 Å². The molecule has 62 valence electrons. The molecule has 0 bridgehead atoms. The number of nitrogens with zero attached hydrogens (tertiary/aromatic N) is 1. The zero-order valence-corrected chi connectivity index (χ0v) is 6.32. The quantitative estimate of drug-likeness (QED) is 0.659. The largest absolute Gasteiger partial charge is 0.504 e. The fourth-order valence-electron chi connectivity index (χ4n) is 1.07. The van der Waals surface area contributed by atoms with Gasteiger partial charge in [-0.2, -0.15) is 0 Å². The van der Waals surface area contributed by atoms with Crippen molar-refractivity contribution >= 4 is 11.1 Å². The molecule has 0 amide bonds. The second-order valence-corrected chi connectivity index (χ2v) is 2.44. The lowest BCUT2D eigenvalue weighted by atomic mass is 10.3. The number of phenols is 1. The van der Waals surface area contributed by atoms with Crippen molar-refractivity contribution in [2.75, 3.05) is 0 Å². The molecule has 1 heterocycles. The Hall–Kier alpha value is -1.55. The lowest BCUT2D eigenvalue weighted by Gasteiger charge is -1.88. The van der Waals surface area contributed by atoms with Gasteiger partial charge in [-0.3, -0.25) is 0 Å². The maximum atomic E-state index is 9.31. The molecule has 0 aliphatic rings. The predicted octanol–water partition coefficient (Wildman–Crippen LogP) is 0.992. The normalized spacial score (nSPS) is 10.8. The van der Waals surface area contributed by atoms with Gasteiger partial charge in [-0.1, -0.05) is 6.07 Å². The number of hydrogen-bond donors (Lipinski definition) is 2. The van der Waals surface area contributed by atoms with Gasteiger partial charge in [0.15, 0.2) is 11.3 Å². The van der Waals surface area contributed by atoms with E-state index >= 15 is 0 Å². The van der Waals surface area contributed by atoms with Gasteiger partial charge in [0.25, 0.3) is 0 Å². The van der Waals surface area contributed by atoms with Crippen molar-refractivity contribution in [1.29, 1.82) is 0 Å². The summed E-state index contributed by atoms with van der Waals surface area (Å²) in [6, 6.07) is 5.02. The Labute approximate surface area is 68.6 Å². The van der Waals surface area contributed by atoms with Crippen molar-refractivity contribution < 1.29 is 9.52 Å². The van der Waals surface area contributed by atoms with Crippen LogP contribution in [0.5, 0.6) is 5.75 Å². The number of phenolic OH excluding ortho intramolecular Hbond substituents is 1. The molecule has 2 aromatic rings. The van der Waals surface area contributed by atoms with E-state index in [4.69, 9.17) is 10.2 Å². The van der Waals surface area contributed by atoms with E-state index < -0.39 is 0 Å². The zero-order valence-electron chi connectivity index (χ0n) is 6.32. The summed E-state index contributed by atoms with van der Waals surface area (Å²) in [4.78, 5) is 4.04. The first kappa shape index (κ1) is 7.12. The first-order valence-electron chi connectivity index (χ1n) is 3.58. The van der Waals surface area contributed by atoms with Crippen LogP contribution in [-0.4, -0.2) is 10.1 Å². The minimum absolute atomic E-state index is 0.0969. The molecule has 12 heavy (non-hydrogen) atoms. The van der Waals surface area contributed by atoms with Gasteiger partial charge in [0, 0.05) is 0 Å². The van der Waals surface area contributed by atoms with Gasteiger partial charge in [0.2, 0.25) is 5.89 Å². The molecule has 0 aliphatic carbocycles. The van der Waals surface area contributed by atoms with Crippen molar-refractivity contribution in [3.8, 4) is 5.75 Å². The molecule has 0 fully saturated rings. The van der Waals surface area contributed by atoms with Crippen LogP contribution in [0.1, 0.15) is 5.89 Å². The molecule has 0 aliphatic heterocycles. The van der Waals surface area contributed by atoms with Crippen LogP contribution in [-0.2, 0) is 6.54 Å². The van der Waals surface area contributed by atoms with Crippen molar-refractivity contribution in [2.45, 2.75) is 6.54 Å². The summed E-state index contributed by atoms with van der Waals surface area (Å²) in [5, 5.41) is 9.31. The Morgan fingerprint density at radius 3 is 3.00 bits per heavy atom. The molecular weight excluding hydrogens is 156 g/mol. The van der Waals surface area contributed by atoms with Gasteiger partial charge in [-0.05, 0) is 12.1 Å². The summed E-state index contributed by atoms with van der Waals surface area (Å²) < 4.78 is 5.16.